The first-order chi connectivity index (χ1) is 4.61. The summed E-state index contributed by atoms with van der Waals surface area (Å²) in [5.41, 5.74) is 6.62. The molecule has 0 saturated carbocycles. The van der Waals surface area contributed by atoms with Gasteiger partial charge in [0.2, 0.25) is 0 Å². The number of halogens is 2. The lowest BCUT2D eigenvalue weighted by atomic mass is 10.2. The Morgan fingerprint density at radius 1 is 1.50 bits per heavy atom. The van der Waals surface area contributed by atoms with Crippen LogP contribution in [0.4, 0.5) is 10.1 Å². The second-order valence-electron chi connectivity index (χ2n) is 2.12. The van der Waals surface area contributed by atoms with E-state index in [0.29, 0.717) is 5.69 Å². The highest BCUT2D eigenvalue weighted by Crippen LogP contribution is 2.20. The zero-order valence-corrected chi connectivity index (χ0v) is 6.24. The smallest absolute Gasteiger partial charge is 0.143 e. The Morgan fingerprint density at radius 3 is 2.60 bits per heavy atom. The first-order valence-corrected chi connectivity index (χ1v) is 3.20. The Kier molecular flexibility index (Phi) is 1.81. The molecule has 0 heterocycles. The molecular formula is C7H7ClFN. The van der Waals surface area contributed by atoms with E-state index in [0.717, 1.165) is 5.56 Å². The van der Waals surface area contributed by atoms with E-state index in [1.807, 2.05) is 0 Å². The van der Waals surface area contributed by atoms with Crippen molar-refractivity contribution in [3.8, 4) is 0 Å². The SMILES string of the molecule is Cc1cc(Cl)c(F)cc1N. The molecule has 0 radical (unpaired) electrons. The van der Waals surface area contributed by atoms with Gasteiger partial charge < -0.3 is 5.73 Å². The van der Waals surface area contributed by atoms with Crippen LogP contribution in [0.1, 0.15) is 5.56 Å². The Balaban J connectivity index is 3.28. The summed E-state index contributed by atoms with van der Waals surface area (Å²) in [5.74, 6) is -0.468. The van der Waals surface area contributed by atoms with E-state index in [-0.39, 0.29) is 5.02 Å². The standard InChI is InChI=1S/C7H7ClFN/c1-4-2-5(8)6(9)3-7(4)10/h2-3H,10H2,1H3. The lowest BCUT2D eigenvalue weighted by molar-refractivity contribution is 0.628. The van der Waals surface area contributed by atoms with E-state index in [4.69, 9.17) is 17.3 Å². The van der Waals surface area contributed by atoms with Crippen molar-refractivity contribution < 1.29 is 4.39 Å². The van der Waals surface area contributed by atoms with Gasteiger partial charge in [-0.3, -0.25) is 0 Å². The summed E-state index contributed by atoms with van der Waals surface area (Å²) in [6, 6.07) is 2.73. The monoisotopic (exact) mass is 159 g/mol. The van der Waals surface area contributed by atoms with Gasteiger partial charge in [-0.2, -0.15) is 0 Å². The molecule has 0 atom stereocenters. The molecule has 0 aliphatic carbocycles. The van der Waals surface area contributed by atoms with Gasteiger partial charge in [0, 0.05) is 5.69 Å². The third-order valence-electron chi connectivity index (χ3n) is 1.31. The van der Waals surface area contributed by atoms with Crippen molar-refractivity contribution in [3.63, 3.8) is 0 Å². The molecule has 0 amide bonds. The molecule has 0 saturated heterocycles. The maximum absolute atomic E-state index is 12.5. The Bertz CT molecular complexity index is 210. The summed E-state index contributed by atoms with van der Waals surface area (Å²) in [6.07, 6.45) is 0. The maximum atomic E-state index is 12.5. The highest BCUT2D eigenvalue weighted by Gasteiger charge is 2.01. The molecule has 1 aromatic carbocycles. The first kappa shape index (κ1) is 7.35. The highest BCUT2D eigenvalue weighted by molar-refractivity contribution is 6.30. The fourth-order valence-electron chi connectivity index (χ4n) is 0.662. The van der Waals surface area contributed by atoms with E-state index in [9.17, 15) is 4.39 Å². The summed E-state index contributed by atoms with van der Waals surface area (Å²) in [5, 5.41) is 0.117. The van der Waals surface area contributed by atoms with Crippen molar-refractivity contribution >= 4 is 17.3 Å². The van der Waals surface area contributed by atoms with Gasteiger partial charge in [-0.1, -0.05) is 11.6 Å². The average molecular weight is 160 g/mol. The molecule has 2 N–H and O–H groups in total. The van der Waals surface area contributed by atoms with Crippen molar-refractivity contribution in [3.05, 3.63) is 28.5 Å². The second kappa shape index (κ2) is 2.46. The predicted octanol–water partition coefficient (Wildman–Crippen LogP) is 2.37. The fraction of sp³-hybridized carbons (Fsp3) is 0.143. The van der Waals surface area contributed by atoms with Crippen LogP contribution in [0.25, 0.3) is 0 Å². The van der Waals surface area contributed by atoms with Crippen LogP contribution in [0.3, 0.4) is 0 Å². The van der Waals surface area contributed by atoms with Crippen LogP contribution < -0.4 is 5.73 Å². The van der Waals surface area contributed by atoms with E-state index in [2.05, 4.69) is 0 Å². The minimum absolute atomic E-state index is 0.117. The van der Waals surface area contributed by atoms with Gasteiger partial charge >= 0.3 is 0 Å². The maximum Gasteiger partial charge on any atom is 0.143 e. The van der Waals surface area contributed by atoms with Crippen molar-refractivity contribution in [2.75, 3.05) is 5.73 Å². The van der Waals surface area contributed by atoms with E-state index in [1.54, 1.807) is 6.92 Å². The zero-order valence-electron chi connectivity index (χ0n) is 5.49. The zero-order chi connectivity index (χ0) is 7.72. The molecule has 0 aliphatic heterocycles. The topological polar surface area (TPSA) is 26.0 Å². The minimum atomic E-state index is -0.468. The molecule has 1 nitrogen and oxygen atoms in total. The number of aryl methyl sites for hydroxylation is 1. The minimum Gasteiger partial charge on any atom is -0.398 e. The van der Waals surface area contributed by atoms with E-state index < -0.39 is 5.82 Å². The van der Waals surface area contributed by atoms with Gasteiger partial charge in [0.1, 0.15) is 5.82 Å². The Labute approximate surface area is 63.6 Å². The van der Waals surface area contributed by atoms with Gasteiger partial charge in [0.05, 0.1) is 5.02 Å². The molecule has 1 aromatic rings. The van der Waals surface area contributed by atoms with E-state index in [1.165, 1.54) is 12.1 Å². The summed E-state index contributed by atoms with van der Waals surface area (Å²) in [4.78, 5) is 0. The number of hydrogen-bond donors (Lipinski definition) is 1. The van der Waals surface area contributed by atoms with Crippen LogP contribution in [0.2, 0.25) is 5.02 Å². The lowest BCUT2D eigenvalue weighted by Gasteiger charge is -1.99. The molecule has 0 fully saturated rings. The number of rotatable bonds is 0. The number of benzene rings is 1. The molecular weight excluding hydrogens is 153 g/mol. The number of hydrogen-bond acceptors (Lipinski definition) is 1. The summed E-state index contributed by atoms with van der Waals surface area (Å²) in [7, 11) is 0. The summed E-state index contributed by atoms with van der Waals surface area (Å²) in [6.45, 7) is 1.78. The third kappa shape index (κ3) is 1.21. The predicted molar refractivity (Wildman–Crippen MR) is 40.6 cm³/mol. The van der Waals surface area contributed by atoms with Crippen molar-refractivity contribution in [2.45, 2.75) is 6.92 Å². The normalized spacial score (nSPS) is 9.90. The van der Waals surface area contributed by atoms with Crippen LogP contribution >= 0.6 is 11.6 Å². The quantitative estimate of drug-likeness (QED) is 0.578. The van der Waals surface area contributed by atoms with Crippen LogP contribution in [0.5, 0.6) is 0 Å². The van der Waals surface area contributed by atoms with Crippen LogP contribution in [-0.2, 0) is 0 Å². The molecule has 0 aromatic heterocycles. The number of anilines is 1. The summed E-state index contributed by atoms with van der Waals surface area (Å²) < 4.78 is 12.5. The molecule has 0 bridgehead atoms. The average Bonchev–Trinajstić information content (AvgIpc) is 1.84. The highest BCUT2D eigenvalue weighted by atomic mass is 35.5. The molecule has 10 heavy (non-hydrogen) atoms. The van der Waals surface area contributed by atoms with Gasteiger partial charge in [0.25, 0.3) is 0 Å². The van der Waals surface area contributed by atoms with Crippen LogP contribution in [0.15, 0.2) is 12.1 Å². The number of nitrogens with two attached hydrogens (primary N) is 1. The molecule has 0 spiro atoms. The van der Waals surface area contributed by atoms with Gasteiger partial charge in [0.15, 0.2) is 0 Å². The second-order valence-corrected chi connectivity index (χ2v) is 2.53. The molecule has 0 unspecified atom stereocenters. The molecule has 0 aliphatic rings. The largest absolute Gasteiger partial charge is 0.398 e. The Hall–Kier alpha value is -0.760. The first-order valence-electron chi connectivity index (χ1n) is 2.82. The Morgan fingerprint density at radius 2 is 2.10 bits per heavy atom. The van der Waals surface area contributed by atoms with Gasteiger partial charge in [-0.05, 0) is 24.6 Å². The van der Waals surface area contributed by atoms with Crippen molar-refractivity contribution in [2.24, 2.45) is 0 Å². The fourth-order valence-corrected chi connectivity index (χ4v) is 0.880. The van der Waals surface area contributed by atoms with Gasteiger partial charge in [-0.25, -0.2) is 4.39 Å². The molecule has 1 rings (SSSR count). The van der Waals surface area contributed by atoms with Crippen LogP contribution in [0, 0.1) is 12.7 Å². The summed E-state index contributed by atoms with van der Waals surface area (Å²) >= 11 is 5.46. The molecule has 54 valence electrons. The third-order valence-corrected chi connectivity index (χ3v) is 1.60. The van der Waals surface area contributed by atoms with Crippen molar-refractivity contribution in [1.29, 1.82) is 0 Å². The van der Waals surface area contributed by atoms with Crippen molar-refractivity contribution in [1.82, 2.24) is 0 Å². The molecule has 3 heteroatoms. The number of nitrogen functional groups attached to an aromatic ring is 1. The van der Waals surface area contributed by atoms with Gasteiger partial charge in [-0.15, -0.1) is 0 Å². The lowest BCUT2D eigenvalue weighted by Crippen LogP contribution is -1.90. The van der Waals surface area contributed by atoms with Crippen LogP contribution in [-0.4, -0.2) is 0 Å². The van der Waals surface area contributed by atoms with E-state index >= 15 is 0 Å².